The lowest BCUT2D eigenvalue weighted by Crippen LogP contribution is -2.43. The van der Waals surface area contributed by atoms with E-state index in [1.54, 1.807) is 45.3 Å². The quantitative estimate of drug-likeness (QED) is 0.646. The standard InChI is InChI=1S/C24H23N3O4/c1-24(17-11-13-18(31-3)14-12-17)22(29)27(23(30)25-24)15-21(28)26(2)20-10-6-8-16-7-4-5-9-19(16)20/h4-14H,15H2,1-3H3,(H,25,30). The number of urea groups is 1. The predicted octanol–water partition coefficient (Wildman–Crippen LogP) is 3.28. The zero-order chi connectivity index (χ0) is 22.2. The average Bonchev–Trinajstić information content (AvgIpc) is 3.02. The molecule has 1 fully saturated rings. The maximum atomic E-state index is 13.1. The van der Waals surface area contributed by atoms with E-state index in [9.17, 15) is 14.4 Å². The second kappa shape index (κ2) is 7.75. The monoisotopic (exact) mass is 417 g/mol. The van der Waals surface area contributed by atoms with Gasteiger partial charge in [0.15, 0.2) is 0 Å². The normalized spacial score (nSPS) is 18.2. The van der Waals surface area contributed by atoms with Gasteiger partial charge in [-0.2, -0.15) is 0 Å². The number of carbonyl (C=O) groups excluding carboxylic acids is 3. The number of anilines is 1. The lowest BCUT2D eigenvalue weighted by atomic mass is 9.92. The van der Waals surface area contributed by atoms with Crippen LogP contribution in [-0.2, 0) is 15.1 Å². The number of carbonyl (C=O) groups is 3. The summed E-state index contributed by atoms with van der Waals surface area (Å²) in [6.07, 6.45) is 0. The third-order valence-corrected chi connectivity index (χ3v) is 5.74. The van der Waals surface area contributed by atoms with Crippen molar-refractivity contribution in [3.8, 4) is 5.75 Å². The molecule has 0 spiro atoms. The van der Waals surface area contributed by atoms with Gasteiger partial charge in [0, 0.05) is 12.4 Å². The number of fused-ring (bicyclic) bond motifs is 1. The summed E-state index contributed by atoms with van der Waals surface area (Å²) in [6.45, 7) is 1.28. The van der Waals surface area contributed by atoms with Crippen LogP contribution >= 0.6 is 0 Å². The summed E-state index contributed by atoms with van der Waals surface area (Å²) in [5, 5.41) is 4.64. The molecule has 1 aliphatic heterocycles. The molecule has 3 aromatic carbocycles. The molecule has 1 atom stereocenters. The Morgan fingerprint density at radius 1 is 1.03 bits per heavy atom. The Morgan fingerprint density at radius 2 is 1.71 bits per heavy atom. The van der Waals surface area contributed by atoms with E-state index in [1.165, 1.54) is 4.90 Å². The number of benzene rings is 3. The van der Waals surface area contributed by atoms with Gasteiger partial charge in [-0.15, -0.1) is 0 Å². The van der Waals surface area contributed by atoms with Crippen molar-refractivity contribution >= 4 is 34.3 Å². The van der Waals surface area contributed by atoms with E-state index >= 15 is 0 Å². The van der Waals surface area contributed by atoms with Crippen LogP contribution in [-0.4, -0.2) is 43.4 Å². The Balaban J connectivity index is 1.56. The Hall–Kier alpha value is -3.87. The number of hydrogen-bond acceptors (Lipinski definition) is 4. The van der Waals surface area contributed by atoms with Crippen LogP contribution in [0.15, 0.2) is 66.7 Å². The van der Waals surface area contributed by atoms with E-state index < -0.39 is 17.5 Å². The van der Waals surface area contributed by atoms with E-state index in [4.69, 9.17) is 4.74 Å². The van der Waals surface area contributed by atoms with Crippen LogP contribution in [0.4, 0.5) is 10.5 Å². The Labute approximate surface area is 180 Å². The van der Waals surface area contributed by atoms with Gasteiger partial charge in [-0.3, -0.25) is 14.5 Å². The first-order valence-electron chi connectivity index (χ1n) is 9.88. The molecular formula is C24H23N3O4. The number of rotatable bonds is 5. The van der Waals surface area contributed by atoms with Crippen molar-refractivity contribution in [2.24, 2.45) is 0 Å². The molecule has 0 aromatic heterocycles. The molecule has 1 unspecified atom stereocenters. The van der Waals surface area contributed by atoms with Gasteiger partial charge in [-0.05, 0) is 36.1 Å². The van der Waals surface area contributed by atoms with Crippen molar-refractivity contribution in [2.75, 3.05) is 25.6 Å². The van der Waals surface area contributed by atoms with Crippen LogP contribution in [0.1, 0.15) is 12.5 Å². The smallest absolute Gasteiger partial charge is 0.325 e. The predicted molar refractivity (Wildman–Crippen MR) is 118 cm³/mol. The minimum absolute atomic E-state index is 0.351. The molecule has 1 heterocycles. The Morgan fingerprint density at radius 3 is 2.42 bits per heavy atom. The lowest BCUT2D eigenvalue weighted by Gasteiger charge is -2.24. The third-order valence-electron chi connectivity index (χ3n) is 5.74. The zero-order valence-electron chi connectivity index (χ0n) is 17.6. The molecule has 4 amide bonds. The van der Waals surface area contributed by atoms with Crippen molar-refractivity contribution in [3.63, 3.8) is 0 Å². The van der Waals surface area contributed by atoms with Crippen LogP contribution in [0, 0.1) is 0 Å². The molecule has 7 heteroatoms. The SMILES string of the molecule is COc1ccc(C2(C)NC(=O)N(CC(=O)N(C)c3cccc4ccccc34)C2=O)cc1. The largest absolute Gasteiger partial charge is 0.497 e. The van der Waals surface area contributed by atoms with Crippen molar-refractivity contribution in [3.05, 3.63) is 72.3 Å². The molecule has 158 valence electrons. The van der Waals surface area contributed by atoms with Gasteiger partial charge in [0.05, 0.1) is 12.8 Å². The highest BCUT2D eigenvalue weighted by atomic mass is 16.5. The number of nitrogens with one attached hydrogen (secondary N) is 1. The molecule has 3 aromatic rings. The van der Waals surface area contributed by atoms with E-state index in [-0.39, 0.29) is 12.5 Å². The molecule has 1 N–H and O–H groups in total. The summed E-state index contributed by atoms with van der Waals surface area (Å²) >= 11 is 0. The van der Waals surface area contributed by atoms with Gasteiger partial charge in [0.2, 0.25) is 5.91 Å². The van der Waals surface area contributed by atoms with E-state index in [0.717, 1.165) is 15.7 Å². The zero-order valence-corrected chi connectivity index (χ0v) is 17.6. The molecule has 0 radical (unpaired) electrons. The molecule has 0 aliphatic carbocycles. The van der Waals surface area contributed by atoms with E-state index in [0.29, 0.717) is 17.0 Å². The Bertz CT molecular complexity index is 1170. The van der Waals surface area contributed by atoms with Crippen molar-refractivity contribution in [2.45, 2.75) is 12.5 Å². The topological polar surface area (TPSA) is 79.0 Å². The highest BCUT2D eigenvalue weighted by molar-refractivity contribution is 6.11. The van der Waals surface area contributed by atoms with E-state index in [1.807, 2.05) is 42.5 Å². The minimum atomic E-state index is -1.25. The van der Waals surface area contributed by atoms with Crippen LogP contribution in [0.5, 0.6) is 5.75 Å². The summed E-state index contributed by atoms with van der Waals surface area (Å²) in [5.74, 6) is -0.186. The Kier molecular flexibility index (Phi) is 5.10. The number of nitrogens with zero attached hydrogens (tertiary/aromatic N) is 2. The molecule has 7 nitrogen and oxygen atoms in total. The molecule has 0 saturated carbocycles. The summed E-state index contributed by atoms with van der Waals surface area (Å²) in [5.41, 5.74) is 0.0823. The molecule has 4 rings (SSSR count). The molecule has 0 bridgehead atoms. The lowest BCUT2D eigenvalue weighted by molar-refractivity contribution is -0.134. The van der Waals surface area contributed by atoms with Crippen LogP contribution in [0.2, 0.25) is 0 Å². The van der Waals surface area contributed by atoms with Gasteiger partial charge >= 0.3 is 6.03 Å². The van der Waals surface area contributed by atoms with Gasteiger partial charge in [-0.25, -0.2) is 4.79 Å². The fourth-order valence-corrected chi connectivity index (χ4v) is 3.84. The highest BCUT2D eigenvalue weighted by Crippen LogP contribution is 2.31. The number of amides is 4. The first kappa shape index (κ1) is 20.4. The highest BCUT2D eigenvalue weighted by Gasteiger charge is 2.49. The fourth-order valence-electron chi connectivity index (χ4n) is 3.84. The second-order valence-electron chi connectivity index (χ2n) is 7.63. The van der Waals surface area contributed by atoms with Crippen LogP contribution in [0.3, 0.4) is 0 Å². The van der Waals surface area contributed by atoms with Gasteiger partial charge in [0.1, 0.15) is 17.8 Å². The van der Waals surface area contributed by atoms with Crippen LogP contribution in [0.25, 0.3) is 10.8 Å². The fraction of sp³-hybridized carbons (Fsp3) is 0.208. The molecule has 1 saturated heterocycles. The summed E-state index contributed by atoms with van der Waals surface area (Å²) in [7, 11) is 3.20. The van der Waals surface area contributed by atoms with Gasteiger partial charge in [-0.1, -0.05) is 48.5 Å². The number of hydrogen-bond donors (Lipinski definition) is 1. The van der Waals surface area contributed by atoms with Crippen molar-refractivity contribution in [1.29, 1.82) is 0 Å². The first-order chi connectivity index (χ1) is 14.8. The molecule has 1 aliphatic rings. The minimum Gasteiger partial charge on any atom is -0.497 e. The average molecular weight is 417 g/mol. The number of ether oxygens (including phenoxy) is 1. The summed E-state index contributed by atoms with van der Waals surface area (Å²) < 4.78 is 5.15. The number of methoxy groups -OCH3 is 1. The van der Waals surface area contributed by atoms with Gasteiger partial charge in [0.25, 0.3) is 5.91 Å². The van der Waals surface area contributed by atoms with Gasteiger partial charge < -0.3 is 15.0 Å². The molecular weight excluding hydrogens is 394 g/mol. The number of imide groups is 1. The summed E-state index contributed by atoms with van der Waals surface area (Å²) in [4.78, 5) is 41.2. The first-order valence-corrected chi connectivity index (χ1v) is 9.88. The van der Waals surface area contributed by atoms with Crippen molar-refractivity contribution < 1.29 is 19.1 Å². The van der Waals surface area contributed by atoms with E-state index in [2.05, 4.69) is 5.32 Å². The van der Waals surface area contributed by atoms with Crippen LogP contribution < -0.4 is 15.0 Å². The maximum Gasteiger partial charge on any atom is 0.325 e. The van der Waals surface area contributed by atoms with Crippen molar-refractivity contribution in [1.82, 2.24) is 10.2 Å². The second-order valence-corrected chi connectivity index (χ2v) is 7.63. The third kappa shape index (κ3) is 3.48. The number of likely N-dealkylation sites (N-methyl/N-ethyl adjacent to an activating group) is 1. The summed E-state index contributed by atoms with van der Waals surface area (Å²) in [6, 6.07) is 19.7. The maximum absolute atomic E-state index is 13.1. The molecule has 31 heavy (non-hydrogen) atoms.